The highest BCUT2D eigenvalue weighted by molar-refractivity contribution is 6.24. The lowest BCUT2D eigenvalue weighted by Gasteiger charge is -2.25. The van der Waals surface area contributed by atoms with Crippen molar-refractivity contribution in [1.82, 2.24) is 0 Å². The molecule has 4 nitrogen and oxygen atoms in total. The van der Waals surface area contributed by atoms with Gasteiger partial charge in [-0.05, 0) is 46.2 Å². The Morgan fingerprint density at radius 1 is 1.11 bits per heavy atom. The van der Waals surface area contributed by atoms with Gasteiger partial charge in [0.05, 0.1) is 18.8 Å². The van der Waals surface area contributed by atoms with Crippen LogP contribution in [0, 0.1) is 0 Å². The molecule has 0 aromatic heterocycles. The normalized spacial score (nSPS) is 13.3. The summed E-state index contributed by atoms with van der Waals surface area (Å²) in [4.78, 5) is 11.9. The van der Waals surface area contributed by atoms with E-state index in [1.165, 1.54) is 0 Å². The third-order valence-electron chi connectivity index (χ3n) is 2.48. The summed E-state index contributed by atoms with van der Waals surface area (Å²) in [5, 5.41) is 0.906. The highest BCUT2D eigenvalue weighted by atomic mass is 28.1. The first-order valence-electron chi connectivity index (χ1n) is 6.94. The molecular formula is C14H28O4Si. The molecule has 0 atom stereocenters. The minimum Gasteiger partial charge on any atom is -0.462 e. The number of hydrogen-bond donors (Lipinski definition) is 0. The summed E-state index contributed by atoms with van der Waals surface area (Å²) < 4.78 is 16.6. The average molecular weight is 288 g/mol. The van der Waals surface area contributed by atoms with Crippen molar-refractivity contribution in [3.63, 3.8) is 0 Å². The number of carbonyl (C=O) groups excluding carboxylic acids is 1. The highest BCUT2D eigenvalue weighted by Crippen LogP contribution is 2.15. The van der Waals surface area contributed by atoms with Crippen molar-refractivity contribution >= 4 is 16.2 Å². The maximum absolute atomic E-state index is 11.9. The molecular weight excluding hydrogens is 260 g/mol. The molecule has 0 fully saturated rings. The molecule has 112 valence electrons. The molecule has 0 bridgehead atoms. The van der Waals surface area contributed by atoms with Crippen LogP contribution in [0.15, 0.2) is 10.8 Å². The Kier molecular flexibility index (Phi) is 8.96. The average Bonchev–Trinajstić information content (AvgIpc) is 2.32. The minimum absolute atomic E-state index is 0.0483. The predicted molar refractivity (Wildman–Crippen MR) is 80.1 cm³/mol. The van der Waals surface area contributed by atoms with E-state index in [0.717, 1.165) is 11.6 Å². The summed E-state index contributed by atoms with van der Waals surface area (Å²) >= 11 is 0. The van der Waals surface area contributed by atoms with Gasteiger partial charge in [-0.2, -0.15) is 0 Å². The van der Waals surface area contributed by atoms with E-state index in [-0.39, 0.29) is 18.2 Å². The van der Waals surface area contributed by atoms with Gasteiger partial charge in [-0.3, -0.25) is 0 Å². The Morgan fingerprint density at radius 3 is 1.95 bits per heavy atom. The zero-order valence-electron chi connectivity index (χ0n) is 13.3. The van der Waals surface area contributed by atoms with Crippen LogP contribution in [0.25, 0.3) is 0 Å². The monoisotopic (exact) mass is 288 g/mol. The molecule has 0 amide bonds. The molecule has 0 saturated carbocycles. The van der Waals surface area contributed by atoms with E-state index in [0.29, 0.717) is 22.4 Å². The van der Waals surface area contributed by atoms with E-state index in [2.05, 4.69) is 0 Å². The van der Waals surface area contributed by atoms with Crippen LogP contribution in [0.1, 0.15) is 48.0 Å². The predicted octanol–water partition coefficient (Wildman–Crippen LogP) is 1.76. The molecule has 0 aromatic carbocycles. The smallest absolute Gasteiger partial charge is 0.333 e. The van der Waals surface area contributed by atoms with Crippen LogP contribution in [0.4, 0.5) is 0 Å². The van der Waals surface area contributed by atoms with Gasteiger partial charge in [0.2, 0.25) is 0 Å². The number of esters is 1. The zero-order valence-corrected chi connectivity index (χ0v) is 15.3. The van der Waals surface area contributed by atoms with Gasteiger partial charge in [-0.1, -0.05) is 6.92 Å². The lowest BCUT2D eigenvalue weighted by Crippen LogP contribution is -2.28. The third-order valence-corrected chi connectivity index (χ3v) is 3.70. The van der Waals surface area contributed by atoms with Gasteiger partial charge < -0.3 is 14.2 Å². The molecule has 0 radical (unpaired) electrons. The highest BCUT2D eigenvalue weighted by Gasteiger charge is 2.20. The second-order valence-electron chi connectivity index (χ2n) is 5.15. The van der Waals surface area contributed by atoms with E-state index < -0.39 is 6.29 Å². The van der Waals surface area contributed by atoms with Gasteiger partial charge in [0.25, 0.3) is 0 Å². The van der Waals surface area contributed by atoms with E-state index in [1.807, 2.05) is 34.6 Å². The molecule has 0 aliphatic heterocycles. The molecule has 0 spiro atoms. The number of hydrogen-bond acceptors (Lipinski definition) is 4. The van der Waals surface area contributed by atoms with Crippen molar-refractivity contribution < 1.29 is 19.0 Å². The second-order valence-corrected chi connectivity index (χ2v) is 6.22. The van der Waals surface area contributed by atoms with Gasteiger partial charge >= 0.3 is 5.97 Å². The molecule has 0 rings (SSSR count). The first kappa shape index (κ1) is 18.3. The van der Waals surface area contributed by atoms with Crippen molar-refractivity contribution in [3.8, 4) is 0 Å². The first-order valence-corrected chi connectivity index (χ1v) is 7.94. The molecule has 19 heavy (non-hydrogen) atoms. The van der Waals surface area contributed by atoms with Crippen molar-refractivity contribution in [2.24, 2.45) is 0 Å². The van der Waals surface area contributed by atoms with Crippen molar-refractivity contribution in [1.29, 1.82) is 0 Å². The second kappa shape index (κ2) is 9.28. The molecule has 0 heterocycles. The van der Waals surface area contributed by atoms with Gasteiger partial charge in [-0.15, -0.1) is 0 Å². The number of carbonyl (C=O) groups is 1. The van der Waals surface area contributed by atoms with Gasteiger partial charge in [0.1, 0.15) is 0 Å². The van der Waals surface area contributed by atoms with Crippen LogP contribution in [-0.2, 0) is 19.0 Å². The number of rotatable bonds is 8. The van der Waals surface area contributed by atoms with Crippen LogP contribution in [-0.4, -0.2) is 41.3 Å². The summed E-state index contributed by atoms with van der Waals surface area (Å²) in [6.45, 7) is 12.0. The molecule has 0 aliphatic carbocycles. The molecule has 0 N–H and O–H groups in total. The summed E-state index contributed by atoms with van der Waals surface area (Å²) in [7, 11) is 0.702. The van der Waals surface area contributed by atoms with Crippen LogP contribution in [0.3, 0.4) is 0 Å². The summed E-state index contributed by atoms with van der Waals surface area (Å²) in [5.41, 5.74) is 0.617. The minimum atomic E-state index is -0.444. The topological polar surface area (TPSA) is 44.8 Å². The van der Waals surface area contributed by atoms with Crippen LogP contribution >= 0.6 is 0 Å². The maximum atomic E-state index is 11.9. The lowest BCUT2D eigenvalue weighted by molar-refractivity contribution is -0.157. The number of ether oxygens (including phenoxy) is 3. The van der Waals surface area contributed by atoms with Crippen molar-refractivity contribution in [2.45, 2.75) is 66.5 Å². The first-order chi connectivity index (χ1) is 8.79. The molecule has 0 aliphatic rings. The Labute approximate surface area is 119 Å². The SMILES string of the molecule is CCCOC(=O)C(C)=C([SiH3])C(OC(C)C)OC(C)C. The van der Waals surface area contributed by atoms with Gasteiger partial charge in [-0.25, -0.2) is 4.79 Å². The van der Waals surface area contributed by atoms with Gasteiger partial charge in [0, 0.05) is 15.8 Å². The van der Waals surface area contributed by atoms with E-state index in [9.17, 15) is 4.79 Å². The summed E-state index contributed by atoms with van der Waals surface area (Å²) in [6.07, 6.45) is 0.476. The fourth-order valence-electron chi connectivity index (χ4n) is 1.37. The molecule has 0 saturated heterocycles. The summed E-state index contributed by atoms with van der Waals surface area (Å²) in [5.74, 6) is -0.267. The maximum Gasteiger partial charge on any atom is 0.333 e. The van der Waals surface area contributed by atoms with Crippen molar-refractivity contribution in [3.05, 3.63) is 10.8 Å². The third kappa shape index (κ3) is 7.50. The van der Waals surface area contributed by atoms with Gasteiger partial charge in [0.15, 0.2) is 6.29 Å². The lowest BCUT2D eigenvalue weighted by atomic mass is 10.2. The molecule has 0 aromatic rings. The summed E-state index contributed by atoms with van der Waals surface area (Å²) in [6, 6.07) is 0. The van der Waals surface area contributed by atoms with Crippen LogP contribution in [0.5, 0.6) is 0 Å². The van der Waals surface area contributed by atoms with E-state index in [4.69, 9.17) is 14.2 Å². The fourth-order valence-corrected chi connectivity index (χ4v) is 1.85. The zero-order chi connectivity index (χ0) is 15.0. The molecule has 5 heteroatoms. The quantitative estimate of drug-likeness (QED) is 0.295. The van der Waals surface area contributed by atoms with E-state index in [1.54, 1.807) is 6.92 Å². The largest absolute Gasteiger partial charge is 0.462 e. The molecule has 0 unspecified atom stereocenters. The fraction of sp³-hybridized carbons (Fsp3) is 0.786. The van der Waals surface area contributed by atoms with Crippen LogP contribution < -0.4 is 0 Å². The Morgan fingerprint density at radius 2 is 1.58 bits per heavy atom. The standard InChI is InChI=1S/C14H28O4Si/c1-7-8-16-13(15)11(6)12(19)14(17-9(2)3)18-10(4)5/h9-10,14H,7-8H2,1-6,19H3. The Bertz CT molecular complexity index is 301. The Hall–Kier alpha value is -0.653. The van der Waals surface area contributed by atoms with Crippen LogP contribution in [0.2, 0.25) is 0 Å². The Balaban J connectivity index is 4.91. The van der Waals surface area contributed by atoms with Crippen molar-refractivity contribution in [2.75, 3.05) is 6.61 Å². The van der Waals surface area contributed by atoms with E-state index >= 15 is 0 Å².